The van der Waals surface area contributed by atoms with Gasteiger partial charge in [0.15, 0.2) is 0 Å². The molecule has 3 N–H and O–H groups in total. The number of furan rings is 1. The average molecular weight is 350 g/mol. The van der Waals surface area contributed by atoms with Crippen LogP contribution in [0.25, 0.3) is 0 Å². The van der Waals surface area contributed by atoms with Crippen LogP contribution in [0.4, 0.5) is 11.4 Å². The Labute approximate surface area is 146 Å². The minimum atomic E-state index is -0.251. The molecule has 2 amide bonds. The Morgan fingerprint density at radius 2 is 1.96 bits per heavy atom. The van der Waals surface area contributed by atoms with Crippen LogP contribution in [-0.2, 0) is 4.79 Å². The van der Waals surface area contributed by atoms with Crippen molar-refractivity contribution in [2.24, 2.45) is 5.92 Å². The van der Waals surface area contributed by atoms with E-state index in [1.54, 1.807) is 24.3 Å². The Balaban J connectivity index is 0.00000208. The van der Waals surface area contributed by atoms with Gasteiger partial charge in [0.1, 0.15) is 6.26 Å². The van der Waals surface area contributed by atoms with Crippen LogP contribution in [0, 0.1) is 5.92 Å². The van der Waals surface area contributed by atoms with Gasteiger partial charge >= 0.3 is 0 Å². The number of anilines is 2. The van der Waals surface area contributed by atoms with Gasteiger partial charge in [-0.05, 0) is 43.7 Å². The van der Waals surface area contributed by atoms with E-state index >= 15 is 0 Å². The molecule has 0 bridgehead atoms. The maximum absolute atomic E-state index is 12.2. The molecule has 128 valence electrons. The number of carbonyl (C=O) groups is 2. The van der Waals surface area contributed by atoms with Crippen LogP contribution in [0.2, 0.25) is 0 Å². The maximum Gasteiger partial charge on any atom is 0.258 e. The second kappa shape index (κ2) is 8.52. The van der Waals surface area contributed by atoms with Crippen LogP contribution in [0.3, 0.4) is 0 Å². The first-order chi connectivity index (χ1) is 11.2. The molecule has 1 aromatic heterocycles. The van der Waals surface area contributed by atoms with E-state index in [9.17, 15) is 9.59 Å². The molecule has 1 fully saturated rings. The fourth-order valence-electron chi connectivity index (χ4n) is 2.59. The van der Waals surface area contributed by atoms with Gasteiger partial charge in [-0.25, -0.2) is 0 Å². The van der Waals surface area contributed by atoms with Crippen LogP contribution in [-0.4, -0.2) is 24.9 Å². The van der Waals surface area contributed by atoms with E-state index in [4.69, 9.17) is 4.42 Å². The summed E-state index contributed by atoms with van der Waals surface area (Å²) in [5.41, 5.74) is 1.74. The highest BCUT2D eigenvalue weighted by Gasteiger charge is 2.20. The van der Waals surface area contributed by atoms with Crippen molar-refractivity contribution in [1.29, 1.82) is 0 Å². The van der Waals surface area contributed by atoms with E-state index < -0.39 is 0 Å². The van der Waals surface area contributed by atoms with Gasteiger partial charge < -0.3 is 20.4 Å². The molecule has 1 atom stereocenters. The molecule has 2 heterocycles. The topological polar surface area (TPSA) is 83.4 Å². The van der Waals surface area contributed by atoms with Crippen LogP contribution in [0.15, 0.2) is 47.3 Å². The third-order valence-corrected chi connectivity index (χ3v) is 3.84. The molecule has 2 aromatic rings. The summed E-state index contributed by atoms with van der Waals surface area (Å²) in [6.07, 6.45) is 4.75. The normalized spacial score (nSPS) is 16.8. The number of hydrogen-bond donors (Lipinski definition) is 3. The van der Waals surface area contributed by atoms with Crippen LogP contribution in [0.5, 0.6) is 0 Å². The number of hydrogen-bond acceptors (Lipinski definition) is 4. The molecule has 0 spiro atoms. The Kier molecular flexibility index (Phi) is 6.40. The number of amides is 2. The highest BCUT2D eigenvalue weighted by atomic mass is 35.5. The van der Waals surface area contributed by atoms with Gasteiger partial charge in [-0.1, -0.05) is 6.07 Å². The molecule has 1 unspecified atom stereocenters. The number of carbonyl (C=O) groups excluding carboxylic acids is 2. The number of benzene rings is 1. The van der Waals surface area contributed by atoms with Crippen molar-refractivity contribution in [2.45, 2.75) is 12.8 Å². The summed E-state index contributed by atoms with van der Waals surface area (Å²) in [5.74, 6) is -0.248. The van der Waals surface area contributed by atoms with Gasteiger partial charge in [-0.2, -0.15) is 0 Å². The molecule has 1 saturated heterocycles. The maximum atomic E-state index is 12.2. The lowest BCUT2D eigenvalue weighted by atomic mass is 9.99. The first-order valence-electron chi connectivity index (χ1n) is 7.67. The zero-order valence-corrected chi connectivity index (χ0v) is 13.9. The van der Waals surface area contributed by atoms with Crippen LogP contribution >= 0.6 is 12.4 Å². The quantitative estimate of drug-likeness (QED) is 0.792. The fourth-order valence-corrected chi connectivity index (χ4v) is 2.59. The standard InChI is InChI=1S/C17H19N3O3.ClH/c21-16(12-3-2-7-18-10-12)19-14-4-1-5-15(9-14)20-17(22)13-6-8-23-11-13;/h1,4-6,8-9,11-12,18H,2-3,7,10H2,(H,19,21)(H,20,22);1H. The minimum Gasteiger partial charge on any atom is -0.472 e. The van der Waals surface area contributed by atoms with Gasteiger partial charge in [-0.15, -0.1) is 12.4 Å². The molecule has 1 aliphatic heterocycles. The smallest absolute Gasteiger partial charge is 0.258 e. The zero-order valence-electron chi connectivity index (χ0n) is 13.1. The Morgan fingerprint density at radius 3 is 2.62 bits per heavy atom. The average Bonchev–Trinajstić information content (AvgIpc) is 3.10. The molecule has 0 aliphatic carbocycles. The van der Waals surface area contributed by atoms with E-state index in [1.165, 1.54) is 12.5 Å². The van der Waals surface area contributed by atoms with Gasteiger partial charge in [0.05, 0.1) is 17.7 Å². The highest BCUT2D eigenvalue weighted by molar-refractivity contribution is 6.04. The largest absolute Gasteiger partial charge is 0.472 e. The summed E-state index contributed by atoms with van der Waals surface area (Å²) < 4.78 is 4.89. The molecule has 1 aliphatic rings. The molecule has 7 heteroatoms. The number of rotatable bonds is 4. The van der Waals surface area contributed by atoms with Gasteiger partial charge in [0.2, 0.25) is 5.91 Å². The molecule has 6 nitrogen and oxygen atoms in total. The van der Waals surface area contributed by atoms with Gasteiger partial charge in [-0.3, -0.25) is 9.59 Å². The molecular formula is C17H20ClN3O3. The highest BCUT2D eigenvalue weighted by Crippen LogP contribution is 2.18. The van der Waals surface area contributed by atoms with Crippen LogP contribution < -0.4 is 16.0 Å². The lowest BCUT2D eigenvalue weighted by molar-refractivity contribution is -0.120. The predicted octanol–water partition coefficient (Wildman–Crippen LogP) is 2.89. The number of piperidine rings is 1. The Morgan fingerprint density at radius 1 is 1.17 bits per heavy atom. The van der Waals surface area contributed by atoms with Crippen molar-refractivity contribution in [2.75, 3.05) is 23.7 Å². The Hall–Kier alpha value is -2.31. The molecule has 1 aromatic carbocycles. The molecule has 3 rings (SSSR count). The SMILES string of the molecule is Cl.O=C(Nc1cccc(NC(=O)C2CCCNC2)c1)c1ccoc1. The fraction of sp³-hybridized carbons (Fsp3) is 0.294. The third kappa shape index (κ3) is 4.59. The number of halogens is 1. The van der Waals surface area contributed by atoms with E-state index in [1.807, 2.05) is 6.07 Å². The van der Waals surface area contributed by atoms with Crippen molar-refractivity contribution in [3.8, 4) is 0 Å². The summed E-state index contributed by atoms with van der Waals surface area (Å²) in [7, 11) is 0. The monoisotopic (exact) mass is 349 g/mol. The summed E-state index contributed by atoms with van der Waals surface area (Å²) >= 11 is 0. The summed E-state index contributed by atoms with van der Waals surface area (Å²) in [6, 6.07) is 8.71. The lowest BCUT2D eigenvalue weighted by Gasteiger charge is -2.22. The van der Waals surface area contributed by atoms with Crippen molar-refractivity contribution in [1.82, 2.24) is 5.32 Å². The summed E-state index contributed by atoms with van der Waals surface area (Å²) in [5, 5.41) is 8.91. The van der Waals surface area contributed by atoms with E-state index in [0.717, 1.165) is 19.4 Å². The third-order valence-electron chi connectivity index (χ3n) is 3.84. The van der Waals surface area contributed by atoms with Crippen molar-refractivity contribution in [3.05, 3.63) is 48.4 Å². The van der Waals surface area contributed by atoms with Crippen molar-refractivity contribution < 1.29 is 14.0 Å². The van der Waals surface area contributed by atoms with E-state index in [0.29, 0.717) is 23.5 Å². The van der Waals surface area contributed by atoms with E-state index in [-0.39, 0.29) is 30.1 Å². The first-order valence-corrected chi connectivity index (χ1v) is 7.67. The lowest BCUT2D eigenvalue weighted by Crippen LogP contribution is -2.37. The Bertz CT molecular complexity index is 682. The van der Waals surface area contributed by atoms with Crippen LogP contribution in [0.1, 0.15) is 23.2 Å². The zero-order chi connectivity index (χ0) is 16.1. The van der Waals surface area contributed by atoms with Crippen molar-refractivity contribution in [3.63, 3.8) is 0 Å². The second-order valence-corrected chi connectivity index (χ2v) is 5.58. The summed E-state index contributed by atoms with van der Waals surface area (Å²) in [4.78, 5) is 24.2. The predicted molar refractivity (Wildman–Crippen MR) is 94.6 cm³/mol. The first kappa shape index (κ1) is 18.0. The second-order valence-electron chi connectivity index (χ2n) is 5.58. The molecule has 0 saturated carbocycles. The number of nitrogens with one attached hydrogen (secondary N) is 3. The molecule has 24 heavy (non-hydrogen) atoms. The molecule has 0 radical (unpaired) electrons. The van der Waals surface area contributed by atoms with Gasteiger partial charge in [0, 0.05) is 17.9 Å². The van der Waals surface area contributed by atoms with E-state index in [2.05, 4.69) is 16.0 Å². The minimum absolute atomic E-state index is 0. The summed E-state index contributed by atoms with van der Waals surface area (Å²) in [6.45, 7) is 1.68. The van der Waals surface area contributed by atoms with Gasteiger partial charge in [0.25, 0.3) is 5.91 Å². The molecular weight excluding hydrogens is 330 g/mol. The van der Waals surface area contributed by atoms with Crippen molar-refractivity contribution >= 4 is 35.6 Å².